The van der Waals surface area contributed by atoms with Crippen molar-refractivity contribution in [3.05, 3.63) is 24.0 Å². The zero-order valence-electron chi connectivity index (χ0n) is 11.0. The maximum Gasteiger partial charge on any atom is 0.318 e. The summed E-state index contributed by atoms with van der Waals surface area (Å²) in [5, 5.41) is 3.81. The Morgan fingerprint density at radius 3 is 2.95 bits per heavy atom. The summed E-state index contributed by atoms with van der Waals surface area (Å²) in [6.45, 7) is 5.48. The van der Waals surface area contributed by atoms with Gasteiger partial charge in [-0.25, -0.2) is 9.97 Å². The van der Waals surface area contributed by atoms with Crippen LogP contribution in [0.1, 0.15) is 31.5 Å². The topological polar surface area (TPSA) is 91.0 Å². The Balaban J connectivity index is 2.21. The summed E-state index contributed by atoms with van der Waals surface area (Å²) in [5.41, 5.74) is 0.554. The largest absolute Gasteiger partial charge is 0.465 e. The highest BCUT2D eigenvalue weighted by Gasteiger charge is 2.23. The van der Waals surface area contributed by atoms with E-state index in [-0.39, 0.29) is 5.89 Å². The van der Waals surface area contributed by atoms with E-state index in [2.05, 4.69) is 20.1 Å². The number of nitrogens with zero attached hydrogens (tertiary/aromatic N) is 4. The molecular weight excluding hydrogens is 248 g/mol. The van der Waals surface area contributed by atoms with E-state index in [9.17, 15) is 4.79 Å². The van der Waals surface area contributed by atoms with E-state index in [1.807, 2.05) is 0 Å². The Morgan fingerprint density at radius 2 is 2.26 bits per heavy atom. The summed E-state index contributed by atoms with van der Waals surface area (Å²) in [5.74, 6) is 0.171. The lowest BCUT2D eigenvalue weighted by molar-refractivity contribution is -0.145. The molecule has 7 heteroatoms. The average molecular weight is 262 g/mol. The van der Waals surface area contributed by atoms with Crippen LogP contribution in [0.5, 0.6) is 0 Å². The average Bonchev–Trinajstić information content (AvgIpc) is 2.87. The fourth-order valence-corrected chi connectivity index (χ4v) is 1.46. The Hall–Kier alpha value is -2.31. The predicted octanol–water partition coefficient (Wildman–Crippen LogP) is 1.50. The molecule has 1 unspecified atom stereocenters. The van der Waals surface area contributed by atoms with E-state index in [4.69, 9.17) is 9.26 Å². The van der Waals surface area contributed by atoms with Gasteiger partial charge in [0.15, 0.2) is 0 Å². The van der Waals surface area contributed by atoms with Crippen LogP contribution in [-0.4, -0.2) is 32.7 Å². The van der Waals surface area contributed by atoms with Gasteiger partial charge >= 0.3 is 5.97 Å². The Bertz CT molecular complexity index is 582. The number of esters is 1. The van der Waals surface area contributed by atoms with Crippen LogP contribution in [0.3, 0.4) is 0 Å². The molecular formula is C12H14N4O3. The van der Waals surface area contributed by atoms with Crippen molar-refractivity contribution in [2.45, 2.75) is 26.7 Å². The Kier molecular flexibility index (Phi) is 3.84. The third-order valence-corrected chi connectivity index (χ3v) is 2.46. The fourth-order valence-electron chi connectivity index (χ4n) is 1.46. The van der Waals surface area contributed by atoms with Crippen molar-refractivity contribution < 1.29 is 14.1 Å². The van der Waals surface area contributed by atoms with Crippen molar-refractivity contribution in [3.8, 4) is 11.5 Å². The van der Waals surface area contributed by atoms with Gasteiger partial charge in [-0.05, 0) is 26.8 Å². The quantitative estimate of drug-likeness (QED) is 0.771. The highest BCUT2D eigenvalue weighted by atomic mass is 16.5. The van der Waals surface area contributed by atoms with Gasteiger partial charge in [-0.3, -0.25) is 4.79 Å². The number of carbonyl (C=O) groups is 1. The predicted molar refractivity (Wildman–Crippen MR) is 65.1 cm³/mol. The van der Waals surface area contributed by atoms with Crippen LogP contribution in [0.15, 0.2) is 16.8 Å². The normalized spacial score (nSPS) is 12.2. The van der Waals surface area contributed by atoms with E-state index in [0.717, 1.165) is 0 Å². The molecule has 7 nitrogen and oxygen atoms in total. The van der Waals surface area contributed by atoms with Gasteiger partial charge in [-0.2, -0.15) is 4.98 Å². The summed E-state index contributed by atoms with van der Waals surface area (Å²) in [7, 11) is 0. The van der Waals surface area contributed by atoms with Crippen LogP contribution in [0.25, 0.3) is 11.5 Å². The van der Waals surface area contributed by atoms with Gasteiger partial charge in [0, 0.05) is 6.20 Å². The molecule has 2 heterocycles. The molecule has 0 aromatic carbocycles. The molecule has 0 aliphatic heterocycles. The Morgan fingerprint density at radius 1 is 1.47 bits per heavy atom. The molecule has 0 bridgehead atoms. The SMILES string of the molecule is CCOC(=O)C(C)c1nc(-c2ccnc(C)n2)no1. The van der Waals surface area contributed by atoms with E-state index < -0.39 is 11.9 Å². The van der Waals surface area contributed by atoms with Gasteiger partial charge in [0.05, 0.1) is 6.61 Å². The van der Waals surface area contributed by atoms with Crippen LogP contribution >= 0.6 is 0 Å². The molecule has 0 amide bonds. The zero-order valence-corrected chi connectivity index (χ0v) is 11.0. The summed E-state index contributed by atoms with van der Waals surface area (Å²) in [6, 6.07) is 1.68. The summed E-state index contributed by atoms with van der Waals surface area (Å²) >= 11 is 0. The Labute approximate surface area is 110 Å². The van der Waals surface area contributed by atoms with Crippen molar-refractivity contribution in [1.82, 2.24) is 20.1 Å². The second kappa shape index (κ2) is 5.55. The van der Waals surface area contributed by atoms with Gasteiger partial charge in [0.1, 0.15) is 17.4 Å². The molecule has 0 saturated heterocycles. The van der Waals surface area contributed by atoms with E-state index in [0.29, 0.717) is 23.9 Å². The lowest BCUT2D eigenvalue weighted by atomic mass is 10.2. The molecule has 0 saturated carbocycles. The molecule has 100 valence electrons. The monoisotopic (exact) mass is 262 g/mol. The van der Waals surface area contributed by atoms with Gasteiger partial charge < -0.3 is 9.26 Å². The number of hydrogen-bond acceptors (Lipinski definition) is 7. The summed E-state index contributed by atoms with van der Waals surface area (Å²) in [6.07, 6.45) is 1.61. The second-order valence-corrected chi connectivity index (χ2v) is 3.92. The molecule has 0 N–H and O–H groups in total. The first-order valence-electron chi connectivity index (χ1n) is 5.92. The minimum Gasteiger partial charge on any atom is -0.465 e. The van der Waals surface area contributed by atoms with Crippen LogP contribution in [0.2, 0.25) is 0 Å². The number of aromatic nitrogens is 4. The maximum atomic E-state index is 11.6. The van der Waals surface area contributed by atoms with Gasteiger partial charge in [-0.1, -0.05) is 5.16 Å². The molecule has 0 aliphatic rings. The standard InChI is InChI=1S/C12H14N4O3/c1-4-18-12(17)7(2)11-15-10(16-19-11)9-5-6-13-8(3)14-9/h5-7H,4H2,1-3H3. The van der Waals surface area contributed by atoms with Crippen LogP contribution < -0.4 is 0 Å². The second-order valence-electron chi connectivity index (χ2n) is 3.92. The van der Waals surface area contributed by atoms with Crippen LogP contribution in [0, 0.1) is 6.92 Å². The fraction of sp³-hybridized carbons (Fsp3) is 0.417. The van der Waals surface area contributed by atoms with Gasteiger partial charge in [0.2, 0.25) is 11.7 Å². The van der Waals surface area contributed by atoms with Crippen LogP contribution in [-0.2, 0) is 9.53 Å². The van der Waals surface area contributed by atoms with Crippen molar-refractivity contribution in [3.63, 3.8) is 0 Å². The highest BCUT2D eigenvalue weighted by Crippen LogP contribution is 2.19. The first kappa shape index (κ1) is 13.1. The van der Waals surface area contributed by atoms with E-state index >= 15 is 0 Å². The van der Waals surface area contributed by atoms with Crippen LogP contribution in [0.4, 0.5) is 0 Å². The molecule has 0 fully saturated rings. The molecule has 2 rings (SSSR count). The van der Waals surface area contributed by atoms with Crippen molar-refractivity contribution in [2.75, 3.05) is 6.61 Å². The number of ether oxygens (including phenoxy) is 1. The van der Waals surface area contributed by atoms with Gasteiger partial charge in [0.25, 0.3) is 0 Å². The molecule has 2 aromatic rings. The smallest absolute Gasteiger partial charge is 0.318 e. The highest BCUT2D eigenvalue weighted by molar-refractivity contribution is 5.76. The number of hydrogen-bond donors (Lipinski definition) is 0. The molecule has 0 spiro atoms. The number of aryl methyl sites for hydroxylation is 1. The summed E-state index contributed by atoms with van der Waals surface area (Å²) in [4.78, 5) is 23.9. The first-order chi connectivity index (χ1) is 9.11. The molecule has 19 heavy (non-hydrogen) atoms. The first-order valence-corrected chi connectivity index (χ1v) is 5.92. The number of carbonyl (C=O) groups excluding carboxylic acids is 1. The van der Waals surface area contributed by atoms with Gasteiger partial charge in [-0.15, -0.1) is 0 Å². The van der Waals surface area contributed by atoms with E-state index in [1.54, 1.807) is 33.0 Å². The molecule has 0 aliphatic carbocycles. The minimum atomic E-state index is -0.593. The number of rotatable bonds is 4. The molecule has 2 aromatic heterocycles. The van der Waals surface area contributed by atoms with Crippen molar-refractivity contribution in [1.29, 1.82) is 0 Å². The van der Waals surface area contributed by atoms with Crippen molar-refractivity contribution >= 4 is 5.97 Å². The lowest BCUT2D eigenvalue weighted by Gasteiger charge is -2.04. The third kappa shape index (κ3) is 2.93. The maximum absolute atomic E-state index is 11.6. The molecule has 1 atom stereocenters. The lowest BCUT2D eigenvalue weighted by Crippen LogP contribution is -2.13. The van der Waals surface area contributed by atoms with Crippen molar-refractivity contribution in [2.24, 2.45) is 0 Å². The third-order valence-electron chi connectivity index (χ3n) is 2.46. The molecule has 0 radical (unpaired) electrons. The van der Waals surface area contributed by atoms with E-state index in [1.165, 1.54) is 0 Å². The zero-order chi connectivity index (χ0) is 13.8. The summed E-state index contributed by atoms with van der Waals surface area (Å²) < 4.78 is 9.97. The minimum absolute atomic E-state index is 0.213.